The average Bonchev–Trinajstić information content (AvgIpc) is 3.16. The maximum absolute atomic E-state index is 11.9. The highest BCUT2D eigenvalue weighted by Crippen LogP contribution is 2.27. The van der Waals surface area contributed by atoms with E-state index in [4.69, 9.17) is 14.2 Å². The van der Waals surface area contributed by atoms with Gasteiger partial charge in [-0.25, -0.2) is 9.13 Å². The van der Waals surface area contributed by atoms with E-state index in [2.05, 4.69) is 47.4 Å². The zero-order valence-corrected chi connectivity index (χ0v) is 37.6. The minimum Gasteiger partial charge on any atom is -0.382 e. The van der Waals surface area contributed by atoms with Crippen LogP contribution in [0.3, 0.4) is 0 Å². The SMILES string of the molecule is CCCOCCOCCC(F)(F)F.CCOCC(F)(F)F.CCOCCOCC(F)(F)F.COCC(F)(F)OC(F)(F)F.COCCOC(F)(F)F.COCCOC(F)F.COCCOCF. The number of rotatable bonds is 28. The van der Waals surface area contributed by atoms with Gasteiger partial charge in [0.15, 0.2) is 6.86 Å². The molecule has 0 amide bonds. The Balaban J connectivity index is -0.000000127. The number of methoxy groups -OCH3 is 4. The average molecular weight is 1060 g/mol. The predicted molar refractivity (Wildman–Crippen MR) is 194 cm³/mol. The van der Waals surface area contributed by atoms with Crippen LogP contribution in [0.15, 0.2) is 0 Å². The molecule has 0 radical (unpaired) electrons. The molecule has 0 aliphatic carbocycles. The summed E-state index contributed by atoms with van der Waals surface area (Å²) in [6.45, 7) is 0.345. The van der Waals surface area contributed by atoms with Gasteiger partial charge in [-0.15, -0.1) is 26.3 Å². The first kappa shape index (κ1) is 79.2. The van der Waals surface area contributed by atoms with E-state index in [1.54, 1.807) is 14.0 Å². The second-order valence-electron chi connectivity index (χ2n) is 10.7. The van der Waals surface area contributed by atoms with Gasteiger partial charge in [0, 0.05) is 48.3 Å². The van der Waals surface area contributed by atoms with Crippen LogP contribution in [0.4, 0.5) is 87.8 Å². The summed E-state index contributed by atoms with van der Waals surface area (Å²) in [5.74, 6) is 0. The Kier molecular flexibility index (Phi) is 61.4. The Morgan fingerprint density at radius 1 is 0.388 bits per heavy atom. The lowest BCUT2D eigenvalue weighted by molar-refractivity contribution is -0.430. The number of hydrogen-bond donors (Lipinski definition) is 0. The molecule has 0 aromatic heterocycles. The Labute approximate surface area is 375 Å². The predicted octanol–water partition coefficient (Wildman–Crippen LogP) is 9.95. The van der Waals surface area contributed by atoms with Crippen LogP contribution in [0.25, 0.3) is 0 Å². The highest BCUT2D eigenvalue weighted by atomic mass is 19.4. The van der Waals surface area contributed by atoms with Gasteiger partial charge < -0.3 is 52.1 Å². The minimum absolute atomic E-state index is 0.00660. The monoisotopic (exact) mass is 1060 g/mol. The second kappa shape index (κ2) is 51.9. The normalized spacial score (nSPS) is 11.8. The molecular weight excluding hydrogens is 996 g/mol. The van der Waals surface area contributed by atoms with Crippen LogP contribution in [0.2, 0.25) is 0 Å². The van der Waals surface area contributed by atoms with Gasteiger partial charge in [0.1, 0.15) is 19.8 Å². The fraction of sp³-hybridized carbons (Fsp3) is 1.00. The standard InChI is InChI=1S/C8H15F3O2.C6H11F3O2.C4H5F5O2.C4H7F3O2.C4H7F3O.C4H8F2O2.C4H9FO2/c1-2-4-12-6-7-13-5-3-8(9,10)11;1-2-10-3-4-11-5-6(7,8)9;1-10-2-3(5,6)11-4(7,8)9;1-8-2-3-9-4(5,6)7;1-2-8-3-4(5,6)7;1-7-2-3-8-4(5)6;1-6-2-3-7-4-5/h2-7H2,1H3;2-5H2,1H3;2H2,1H3;2-3H2,1H3;2-3H2,1H3;4H,2-3H2,1H3;2-4H2,1H3. The smallest absolute Gasteiger partial charge is 0.382 e. The lowest BCUT2D eigenvalue weighted by atomic mass is 10.4. The molecule has 0 aliphatic heterocycles. The van der Waals surface area contributed by atoms with E-state index < -0.39 is 83.7 Å². The van der Waals surface area contributed by atoms with Crippen molar-refractivity contribution in [2.75, 3.05) is 148 Å². The van der Waals surface area contributed by atoms with Gasteiger partial charge in [0.2, 0.25) is 0 Å². The van der Waals surface area contributed by atoms with Crippen molar-refractivity contribution < 1.29 is 149 Å². The van der Waals surface area contributed by atoms with Crippen LogP contribution in [0.1, 0.15) is 33.6 Å². The molecule has 0 heterocycles. The van der Waals surface area contributed by atoms with Crippen LogP contribution in [-0.4, -0.2) is 192 Å². The van der Waals surface area contributed by atoms with Gasteiger partial charge in [-0.1, -0.05) is 6.92 Å². The molecule has 33 heteroatoms. The first-order valence-corrected chi connectivity index (χ1v) is 18.6. The summed E-state index contributed by atoms with van der Waals surface area (Å²) in [5.41, 5.74) is 0. The van der Waals surface area contributed by atoms with E-state index in [0.717, 1.165) is 13.5 Å². The molecule has 0 N–H and O–H groups in total. The molecule has 13 nitrogen and oxygen atoms in total. The fourth-order valence-corrected chi connectivity index (χ4v) is 2.35. The summed E-state index contributed by atoms with van der Waals surface area (Å²) in [7, 11) is 5.11. The Hall–Kier alpha value is -1.92. The molecule has 0 spiro atoms. The van der Waals surface area contributed by atoms with Crippen LogP contribution in [-0.2, 0) is 61.6 Å². The van der Waals surface area contributed by atoms with Gasteiger partial charge in [-0.2, -0.15) is 57.1 Å². The van der Waals surface area contributed by atoms with E-state index in [0.29, 0.717) is 33.0 Å². The Morgan fingerprint density at radius 3 is 1.16 bits per heavy atom. The topological polar surface area (TPSA) is 120 Å². The molecule has 0 atom stereocenters. The third-order valence-corrected chi connectivity index (χ3v) is 4.73. The summed E-state index contributed by atoms with van der Waals surface area (Å²) in [4.78, 5) is 0. The molecule has 67 heavy (non-hydrogen) atoms. The number of alkyl halides is 20. The number of ether oxygens (including phenoxy) is 13. The van der Waals surface area contributed by atoms with Gasteiger partial charge in [0.25, 0.3) is 0 Å². The molecule has 0 bridgehead atoms. The number of halogens is 20. The molecule has 416 valence electrons. The summed E-state index contributed by atoms with van der Waals surface area (Å²) in [5, 5.41) is 0. The fourth-order valence-electron chi connectivity index (χ4n) is 2.35. The van der Waals surface area contributed by atoms with E-state index in [1.807, 2.05) is 6.92 Å². The van der Waals surface area contributed by atoms with Crippen molar-refractivity contribution in [3.05, 3.63) is 0 Å². The maximum Gasteiger partial charge on any atom is 0.527 e. The van der Waals surface area contributed by atoms with Gasteiger partial charge in [-0.3, -0.25) is 4.74 Å². The summed E-state index contributed by atoms with van der Waals surface area (Å²) in [6.07, 6.45) is -26.7. The lowest BCUT2D eigenvalue weighted by Gasteiger charge is -2.16. The van der Waals surface area contributed by atoms with Gasteiger partial charge in [0.05, 0.1) is 79.1 Å². The first-order valence-electron chi connectivity index (χ1n) is 18.6. The molecule has 0 saturated heterocycles. The zero-order valence-electron chi connectivity index (χ0n) is 37.6. The first-order chi connectivity index (χ1) is 30.7. The van der Waals surface area contributed by atoms with Gasteiger partial charge >= 0.3 is 44.0 Å². The molecule has 0 aromatic carbocycles. The maximum atomic E-state index is 11.9. The van der Waals surface area contributed by atoms with Crippen molar-refractivity contribution in [1.82, 2.24) is 0 Å². The highest BCUT2D eigenvalue weighted by Gasteiger charge is 2.44. The van der Waals surface area contributed by atoms with Crippen molar-refractivity contribution >= 4 is 0 Å². The van der Waals surface area contributed by atoms with Gasteiger partial charge in [-0.05, 0) is 20.3 Å². The second-order valence-corrected chi connectivity index (χ2v) is 10.7. The van der Waals surface area contributed by atoms with Crippen LogP contribution < -0.4 is 0 Å². The molecule has 0 aliphatic rings. The summed E-state index contributed by atoms with van der Waals surface area (Å²) >= 11 is 0. The van der Waals surface area contributed by atoms with E-state index >= 15 is 0 Å². The molecule has 0 aromatic rings. The van der Waals surface area contributed by atoms with Crippen LogP contribution in [0, 0.1) is 0 Å². The zero-order chi connectivity index (χ0) is 53.9. The molecule has 0 saturated carbocycles. The van der Waals surface area contributed by atoms with Crippen molar-refractivity contribution in [3.8, 4) is 0 Å². The van der Waals surface area contributed by atoms with E-state index in [-0.39, 0.29) is 52.9 Å². The van der Waals surface area contributed by atoms with Crippen molar-refractivity contribution in [1.29, 1.82) is 0 Å². The molecule has 0 rings (SSSR count). The molecule has 0 fully saturated rings. The summed E-state index contributed by atoms with van der Waals surface area (Å²) < 4.78 is 280. The Morgan fingerprint density at radius 2 is 0.806 bits per heavy atom. The third-order valence-electron chi connectivity index (χ3n) is 4.73. The summed E-state index contributed by atoms with van der Waals surface area (Å²) in [6, 6.07) is 0. The van der Waals surface area contributed by atoms with Crippen molar-refractivity contribution in [2.24, 2.45) is 0 Å². The van der Waals surface area contributed by atoms with E-state index in [9.17, 15) is 87.8 Å². The van der Waals surface area contributed by atoms with Crippen LogP contribution in [0.5, 0.6) is 0 Å². The minimum atomic E-state index is -5.35. The lowest BCUT2D eigenvalue weighted by Crippen LogP contribution is -2.33. The largest absolute Gasteiger partial charge is 0.527 e. The van der Waals surface area contributed by atoms with E-state index in [1.165, 1.54) is 21.1 Å². The number of hydrogen-bond acceptors (Lipinski definition) is 13. The third kappa shape index (κ3) is 116. The Bertz CT molecular complexity index is 930. The quantitative estimate of drug-likeness (QED) is 0.0547. The highest BCUT2D eigenvalue weighted by molar-refractivity contribution is 4.50. The van der Waals surface area contributed by atoms with Crippen molar-refractivity contribution in [3.63, 3.8) is 0 Å². The van der Waals surface area contributed by atoms with Crippen LogP contribution >= 0.6 is 0 Å². The molecular formula is C34H62F20O13. The van der Waals surface area contributed by atoms with Crippen molar-refractivity contribution in [2.45, 2.75) is 77.6 Å². The molecule has 0 unspecified atom stereocenters.